The molecule has 7 N–H and O–H groups in total. The van der Waals surface area contributed by atoms with Gasteiger partial charge in [-0.05, 0) is 119 Å². The molecule has 0 aliphatic carbocycles. The first-order valence-electron chi connectivity index (χ1n) is 28.2. The second-order valence-electron chi connectivity index (χ2n) is 19.6. The van der Waals surface area contributed by atoms with Crippen LogP contribution in [-0.2, 0) is 31.5 Å². The van der Waals surface area contributed by atoms with Crippen LogP contribution in [-0.4, -0.2) is 124 Å². The van der Waals surface area contributed by atoms with Crippen LogP contribution in [0.5, 0.6) is 0 Å². The topological polar surface area (TPSA) is 430 Å². The van der Waals surface area contributed by atoms with E-state index in [-0.39, 0.29) is 11.1 Å². The lowest BCUT2D eigenvalue weighted by Gasteiger charge is -2.22. The normalized spacial score (nSPS) is 11.3. The molecule has 6 aromatic carbocycles. The highest BCUT2D eigenvalue weighted by Crippen LogP contribution is 2.37. The fraction of sp³-hybridized carbons (Fsp3) is 0.108. The van der Waals surface area contributed by atoms with E-state index in [2.05, 4.69) is 45.4 Å². The highest BCUT2D eigenvalue weighted by Gasteiger charge is 2.43. The highest BCUT2D eigenvalue weighted by molar-refractivity contribution is 5.92. The number of nitrogens with one attached hydrogen (secondary N) is 2. The number of aromatic nitrogens is 12. The third-order valence-corrected chi connectivity index (χ3v) is 12.4. The number of hydrogen-bond acceptors (Lipinski definition) is 19. The number of aldehydes is 2. The Morgan fingerprint density at radius 2 is 0.914 bits per heavy atom. The first-order chi connectivity index (χ1) is 49.6. The summed E-state index contributed by atoms with van der Waals surface area (Å²) < 4.78 is 169. The summed E-state index contributed by atoms with van der Waals surface area (Å²) in [6.07, 6.45) is -3.12. The number of carboxylic acid groups (broad SMARTS) is 3. The van der Waals surface area contributed by atoms with Crippen molar-refractivity contribution >= 4 is 48.5 Å². The Balaban J connectivity index is 0.000000279. The van der Waals surface area contributed by atoms with E-state index in [1.54, 1.807) is 41.7 Å². The number of aliphatic carboxylic acids is 3. The fourth-order valence-electron chi connectivity index (χ4n) is 7.68. The van der Waals surface area contributed by atoms with Gasteiger partial charge in [-0.15, -0.1) is 0 Å². The van der Waals surface area contributed by atoms with Crippen molar-refractivity contribution in [3.8, 4) is 41.3 Å². The van der Waals surface area contributed by atoms with Crippen LogP contribution in [0, 0.1) is 51.1 Å². The molecule has 105 heavy (non-hydrogen) atoms. The predicted molar refractivity (Wildman–Crippen MR) is 335 cm³/mol. The number of nitriles is 4. The zero-order chi connectivity index (χ0) is 78.1. The maximum Gasteiger partial charge on any atom is 0.416 e. The number of amides is 1. The molecule has 4 heterocycles. The Kier molecular flexibility index (Phi) is 31.1. The minimum Gasteiger partial charge on any atom is -0.481 e. The molecule has 10 aromatic rings. The number of carbonyl (C=O) groups excluding carboxylic acids is 3. The zero-order valence-electron chi connectivity index (χ0n) is 52.5. The minimum absolute atomic E-state index is 0.102. The van der Waals surface area contributed by atoms with Crippen molar-refractivity contribution in [2.75, 3.05) is 0 Å². The third-order valence-electron chi connectivity index (χ3n) is 12.4. The van der Waals surface area contributed by atoms with Crippen LogP contribution in [0.15, 0.2) is 184 Å². The van der Waals surface area contributed by atoms with Crippen molar-refractivity contribution in [1.29, 1.82) is 21.0 Å². The van der Waals surface area contributed by atoms with Gasteiger partial charge in [-0.1, -0.05) is 36.4 Å². The van der Waals surface area contributed by atoms with E-state index in [9.17, 15) is 91.1 Å². The summed E-state index contributed by atoms with van der Waals surface area (Å²) in [6.45, 7) is 0. The Morgan fingerprint density at radius 3 is 1.25 bits per heavy atom. The van der Waals surface area contributed by atoms with Crippen LogP contribution in [0.2, 0.25) is 0 Å². The number of carbonyl (C=O) groups is 6. The highest BCUT2D eigenvalue weighted by atomic mass is 19.4. The number of carboxylic acids is 3. The average Bonchev–Trinajstić information content (AvgIpc) is 1.66. The smallest absolute Gasteiger partial charge is 0.416 e. The van der Waals surface area contributed by atoms with Gasteiger partial charge in [0.2, 0.25) is 5.91 Å². The van der Waals surface area contributed by atoms with Gasteiger partial charge in [-0.25, -0.2) is 43.2 Å². The van der Waals surface area contributed by atoms with Gasteiger partial charge in [0.15, 0.2) is 6.04 Å². The summed E-state index contributed by atoms with van der Waals surface area (Å²) in [4.78, 5) is 77.0. The number of alkyl halides is 12. The quantitative estimate of drug-likeness (QED) is 0.0255. The number of hydrogen-bond donors (Lipinski definition) is 6. The first kappa shape index (κ1) is 83.0. The molecule has 0 spiro atoms. The monoisotopic (exact) mass is 1470 g/mol. The number of benzene rings is 6. The molecular weight excluding hydrogens is 1420 g/mol. The van der Waals surface area contributed by atoms with Gasteiger partial charge in [0.25, 0.3) is 0 Å². The van der Waals surface area contributed by atoms with Crippen LogP contribution in [0.25, 0.3) is 29.2 Å². The van der Waals surface area contributed by atoms with E-state index >= 15 is 0 Å². The molecule has 27 nitrogen and oxygen atoms in total. The van der Waals surface area contributed by atoms with Crippen LogP contribution < -0.4 is 11.1 Å². The van der Waals surface area contributed by atoms with Crippen LogP contribution in [0.1, 0.15) is 94.9 Å². The lowest BCUT2D eigenvalue weighted by Crippen LogP contribution is -2.37. The van der Waals surface area contributed by atoms with E-state index in [0.717, 1.165) is 42.5 Å². The number of halogens is 13. The van der Waals surface area contributed by atoms with E-state index in [4.69, 9.17) is 36.8 Å². The Morgan fingerprint density at radius 1 is 0.514 bits per heavy atom. The average molecular weight is 1470 g/mol. The van der Waals surface area contributed by atoms with Crippen molar-refractivity contribution < 1.29 is 101 Å². The molecular formula is C65H45F13N18O9. The molecule has 0 bridgehead atoms. The van der Waals surface area contributed by atoms with Crippen LogP contribution >= 0.6 is 0 Å². The maximum absolute atomic E-state index is 13.5. The van der Waals surface area contributed by atoms with Crippen LogP contribution in [0.3, 0.4) is 0 Å². The van der Waals surface area contributed by atoms with E-state index < -0.39 is 95.1 Å². The largest absolute Gasteiger partial charge is 0.481 e. The summed E-state index contributed by atoms with van der Waals surface area (Å²) in [5, 5.41) is 79.0. The lowest BCUT2D eigenvalue weighted by molar-refractivity contribution is -0.162. The molecule has 0 fully saturated rings. The summed E-state index contributed by atoms with van der Waals surface area (Å²) in [5.41, 5.74) is 5.21. The summed E-state index contributed by atoms with van der Waals surface area (Å²) in [6, 6.07) is 25.9. The summed E-state index contributed by atoms with van der Waals surface area (Å²) in [7, 11) is 0. The van der Waals surface area contributed by atoms with Crippen molar-refractivity contribution in [1.82, 2.24) is 64.8 Å². The standard InChI is InChI=1S/C21H13F6N5O.C12H8N4O2.C10H6N4O.C9H7F6N.C8H4FNO.C3H4O4.C2H3N3/c22-20(23,24)16-3-1-2-14(9-16)19(21(25,26)27)31-18(33)7-5-13-4-6-17(15(8-13)10-28)32-12-29-11-30-32;13-6-10-5-9(2-4-12(17)18)1-3-11(10)16-8-14-7-15-16;11-4-9-3-8(5-15)1-2-10(9)14-7-12-6-13-14;10-8(11,12)6-3-1-2-5(4-6)7(16)9(13,14)15;9-8-2-1-6(5-11)3-7(8)4-10;4-2(5)1-3(6)7;1-3-2-5-4-1/h1-9,11-12,19H,(H,31,33);1-5,7-8H,(H,17,18);1-3,5-7H;1-4,7H,16H2;1-3,5H;1H2,(H,4,5)(H,6,7);1-2H,(H,3,4,5)/b7-5+;4-2+;;;;;. The van der Waals surface area contributed by atoms with Crippen molar-refractivity contribution in [3.63, 3.8) is 0 Å². The van der Waals surface area contributed by atoms with Gasteiger partial charge < -0.3 is 26.4 Å². The fourth-order valence-corrected chi connectivity index (χ4v) is 7.68. The van der Waals surface area contributed by atoms with Gasteiger partial charge in [0.1, 0.15) is 106 Å². The minimum atomic E-state index is -5.04. The Hall–Kier alpha value is -14.4. The summed E-state index contributed by atoms with van der Waals surface area (Å²) in [5.74, 6) is -5.44. The molecule has 2 unspecified atom stereocenters. The SMILES string of the molecule is N#Cc1cc(/C=C/C(=O)NC(c2cccc(C(F)(F)F)c2)C(F)(F)F)ccc1-n1cncn1.N#Cc1cc(/C=C/C(=O)O)ccc1-n1cncn1.N#Cc1cc(C=O)ccc1-n1cncn1.N#Cc1cc(C=O)ccc1F.NC(c1cccc(C(F)(F)F)c1)C(F)(F)F.O=C(O)CC(=O)O.c1nc[nH]n1. The van der Waals surface area contributed by atoms with Gasteiger partial charge >= 0.3 is 42.6 Å². The van der Waals surface area contributed by atoms with E-state index in [1.165, 1.54) is 113 Å². The van der Waals surface area contributed by atoms with E-state index in [1.807, 2.05) is 18.2 Å². The molecule has 0 saturated heterocycles. The predicted octanol–water partition coefficient (Wildman–Crippen LogP) is 10.9. The molecule has 0 radical (unpaired) electrons. The van der Waals surface area contributed by atoms with Gasteiger partial charge in [-0.2, -0.15) is 94.1 Å². The Bertz CT molecular complexity index is 4760. The van der Waals surface area contributed by atoms with Gasteiger partial charge in [0.05, 0.1) is 50.4 Å². The summed E-state index contributed by atoms with van der Waals surface area (Å²) >= 11 is 0. The molecule has 4 aromatic heterocycles. The third kappa shape index (κ3) is 27.7. The molecule has 2 atom stereocenters. The molecule has 40 heteroatoms. The molecule has 10 rings (SSSR count). The molecule has 540 valence electrons. The van der Waals surface area contributed by atoms with Gasteiger partial charge in [0, 0.05) is 23.3 Å². The number of nitrogens with zero attached hydrogens (tertiary/aromatic N) is 15. The second-order valence-corrected chi connectivity index (χ2v) is 19.6. The van der Waals surface area contributed by atoms with Crippen LogP contribution in [0.4, 0.5) is 57.1 Å². The molecule has 0 aliphatic heterocycles. The maximum atomic E-state index is 13.5. The first-order valence-corrected chi connectivity index (χ1v) is 28.2. The number of nitrogens with two attached hydrogens (primary N) is 1. The molecule has 0 saturated carbocycles. The molecule has 1 amide bonds. The van der Waals surface area contributed by atoms with Crippen molar-refractivity contribution in [2.45, 2.75) is 43.2 Å². The second kappa shape index (κ2) is 39.4. The van der Waals surface area contributed by atoms with Gasteiger partial charge in [-0.3, -0.25) is 29.1 Å². The number of H-pyrrole nitrogens is 1. The van der Waals surface area contributed by atoms with Crippen molar-refractivity contribution in [2.24, 2.45) is 5.73 Å². The number of aromatic amines is 1. The Labute approximate surface area is 580 Å². The molecule has 0 aliphatic rings. The van der Waals surface area contributed by atoms with E-state index in [0.29, 0.717) is 87.3 Å². The number of rotatable bonds is 14. The lowest BCUT2D eigenvalue weighted by atomic mass is 10.0. The van der Waals surface area contributed by atoms with Crippen molar-refractivity contribution in [3.05, 3.63) is 257 Å². The zero-order valence-corrected chi connectivity index (χ0v) is 52.5.